The zero-order chi connectivity index (χ0) is 15.7. The van der Waals surface area contributed by atoms with Crippen LogP contribution < -0.4 is 22.1 Å². The maximum absolute atomic E-state index is 11.9. The van der Waals surface area contributed by atoms with Crippen molar-refractivity contribution in [1.82, 2.24) is 10.6 Å². The zero-order valence-electron chi connectivity index (χ0n) is 11.9. The number of carbonyl (C=O) groups is 3. The number of nitrogens with two attached hydrogens (primary N) is 2. The van der Waals surface area contributed by atoms with E-state index >= 15 is 0 Å². The van der Waals surface area contributed by atoms with Crippen molar-refractivity contribution in [3.63, 3.8) is 0 Å². The number of unbranched alkanes of at least 4 members (excludes halogenated alkanes) is 1. The Hall–Kier alpha value is -1.67. The Kier molecular flexibility index (Phi) is 8.49. The summed E-state index contributed by atoms with van der Waals surface area (Å²) in [5.41, 5.74) is 10.8. The van der Waals surface area contributed by atoms with Crippen LogP contribution in [0, 0.1) is 0 Å². The summed E-state index contributed by atoms with van der Waals surface area (Å²) in [6.07, 6.45) is 1.75. The molecule has 3 atom stereocenters. The summed E-state index contributed by atoms with van der Waals surface area (Å²) in [7, 11) is 0. The zero-order valence-corrected chi connectivity index (χ0v) is 11.9. The van der Waals surface area contributed by atoms with Crippen molar-refractivity contribution >= 4 is 17.8 Å². The molecule has 0 fully saturated rings. The topological polar surface area (TPSA) is 148 Å². The van der Waals surface area contributed by atoms with Crippen molar-refractivity contribution in [3.8, 4) is 0 Å². The maximum atomic E-state index is 11.9. The molecule has 0 aliphatic carbocycles. The Morgan fingerprint density at radius 2 is 1.70 bits per heavy atom. The third-order valence-corrected chi connectivity index (χ3v) is 2.72. The van der Waals surface area contributed by atoms with E-state index in [9.17, 15) is 14.4 Å². The number of rotatable bonds is 9. The van der Waals surface area contributed by atoms with Gasteiger partial charge in [-0.3, -0.25) is 14.4 Å². The van der Waals surface area contributed by atoms with Crippen molar-refractivity contribution < 1.29 is 19.5 Å². The van der Waals surface area contributed by atoms with Gasteiger partial charge in [-0.25, -0.2) is 0 Å². The van der Waals surface area contributed by atoms with Crippen LogP contribution in [-0.2, 0) is 14.4 Å². The number of carboxylic acids is 1. The maximum Gasteiger partial charge on any atom is 0.325 e. The molecule has 20 heavy (non-hydrogen) atoms. The molecule has 0 heterocycles. The number of carboxylic acid groups (broad SMARTS) is 1. The Bertz CT molecular complexity index is 346. The molecular formula is C12H24N4O4. The summed E-state index contributed by atoms with van der Waals surface area (Å²) >= 11 is 0. The number of amides is 2. The van der Waals surface area contributed by atoms with Crippen LogP contribution in [0.25, 0.3) is 0 Å². The van der Waals surface area contributed by atoms with Gasteiger partial charge in [0.05, 0.1) is 6.04 Å². The summed E-state index contributed by atoms with van der Waals surface area (Å²) in [6.45, 7) is 3.34. The fourth-order valence-corrected chi connectivity index (χ4v) is 1.44. The lowest BCUT2D eigenvalue weighted by Crippen LogP contribution is -2.53. The molecule has 0 aromatic heterocycles. The first kappa shape index (κ1) is 18.3. The number of hydrogen-bond acceptors (Lipinski definition) is 5. The molecule has 0 aromatic rings. The van der Waals surface area contributed by atoms with E-state index in [0.717, 1.165) is 0 Å². The highest BCUT2D eigenvalue weighted by Gasteiger charge is 2.24. The van der Waals surface area contributed by atoms with Crippen molar-refractivity contribution in [3.05, 3.63) is 0 Å². The second-order valence-corrected chi connectivity index (χ2v) is 4.70. The van der Waals surface area contributed by atoms with Gasteiger partial charge in [-0.1, -0.05) is 0 Å². The van der Waals surface area contributed by atoms with Gasteiger partial charge in [0.1, 0.15) is 12.1 Å². The van der Waals surface area contributed by atoms with Crippen molar-refractivity contribution in [1.29, 1.82) is 0 Å². The quantitative estimate of drug-likeness (QED) is 0.327. The predicted molar refractivity (Wildman–Crippen MR) is 73.7 cm³/mol. The minimum Gasteiger partial charge on any atom is -0.480 e. The Morgan fingerprint density at radius 1 is 1.10 bits per heavy atom. The molecular weight excluding hydrogens is 264 g/mol. The van der Waals surface area contributed by atoms with Gasteiger partial charge in [0.2, 0.25) is 11.8 Å². The van der Waals surface area contributed by atoms with E-state index in [-0.39, 0.29) is 0 Å². The van der Waals surface area contributed by atoms with Gasteiger partial charge in [0, 0.05) is 0 Å². The number of aliphatic carboxylic acids is 1. The molecule has 0 rings (SSSR count). The van der Waals surface area contributed by atoms with E-state index < -0.39 is 35.9 Å². The average molecular weight is 288 g/mol. The molecule has 0 bridgehead atoms. The second kappa shape index (κ2) is 9.27. The van der Waals surface area contributed by atoms with E-state index in [0.29, 0.717) is 25.8 Å². The number of hydrogen-bond donors (Lipinski definition) is 5. The van der Waals surface area contributed by atoms with Gasteiger partial charge in [-0.2, -0.15) is 0 Å². The van der Waals surface area contributed by atoms with E-state index in [1.165, 1.54) is 13.8 Å². The van der Waals surface area contributed by atoms with Crippen molar-refractivity contribution in [2.45, 2.75) is 51.2 Å². The standard InChI is InChI=1S/C12H24N4O4/c1-7(14)10(17)16-9(5-3-4-6-13)11(18)15-8(2)12(19)20/h7-9H,3-6,13-14H2,1-2H3,(H,15,18)(H,16,17)(H,19,20). The summed E-state index contributed by atoms with van der Waals surface area (Å²) in [5, 5.41) is 13.6. The van der Waals surface area contributed by atoms with Crippen LogP contribution in [0.15, 0.2) is 0 Å². The fourth-order valence-electron chi connectivity index (χ4n) is 1.44. The summed E-state index contributed by atoms with van der Waals surface area (Å²) < 4.78 is 0. The molecule has 116 valence electrons. The highest BCUT2D eigenvalue weighted by molar-refractivity contribution is 5.91. The highest BCUT2D eigenvalue weighted by atomic mass is 16.4. The minimum atomic E-state index is -1.14. The lowest BCUT2D eigenvalue weighted by atomic mass is 10.1. The Labute approximate surface area is 118 Å². The largest absolute Gasteiger partial charge is 0.480 e. The molecule has 0 radical (unpaired) electrons. The van der Waals surface area contributed by atoms with Crippen LogP contribution in [0.4, 0.5) is 0 Å². The highest BCUT2D eigenvalue weighted by Crippen LogP contribution is 2.02. The molecule has 0 aliphatic rings. The third kappa shape index (κ3) is 7.05. The first-order chi connectivity index (χ1) is 9.29. The summed E-state index contributed by atoms with van der Waals surface area (Å²) in [5.74, 6) is -2.13. The molecule has 0 saturated carbocycles. The van der Waals surface area contributed by atoms with E-state index in [1.807, 2.05) is 0 Å². The third-order valence-electron chi connectivity index (χ3n) is 2.72. The summed E-state index contributed by atoms with van der Waals surface area (Å²) in [6, 6.07) is -2.56. The lowest BCUT2D eigenvalue weighted by Gasteiger charge is -2.20. The minimum absolute atomic E-state index is 0.383. The Morgan fingerprint density at radius 3 is 2.15 bits per heavy atom. The molecule has 0 aliphatic heterocycles. The normalized spacial score (nSPS) is 15.0. The number of carbonyl (C=O) groups excluding carboxylic acids is 2. The molecule has 3 unspecified atom stereocenters. The van der Waals surface area contributed by atoms with Crippen LogP contribution >= 0.6 is 0 Å². The molecule has 0 aromatic carbocycles. The van der Waals surface area contributed by atoms with Crippen molar-refractivity contribution in [2.24, 2.45) is 11.5 Å². The lowest BCUT2D eigenvalue weighted by molar-refractivity contribution is -0.141. The molecule has 8 nitrogen and oxygen atoms in total. The molecule has 0 spiro atoms. The van der Waals surface area contributed by atoms with E-state index in [4.69, 9.17) is 16.6 Å². The first-order valence-electron chi connectivity index (χ1n) is 6.58. The van der Waals surface area contributed by atoms with Crippen LogP contribution in [0.5, 0.6) is 0 Å². The van der Waals surface area contributed by atoms with Gasteiger partial charge in [-0.05, 0) is 39.7 Å². The SMILES string of the molecule is CC(N)C(=O)NC(CCCCN)C(=O)NC(C)C(=O)O. The van der Waals surface area contributed by atoms with Crippen LogP contribution in [0.1, 0.15) is 33.1 Å². The molecule has 8 heteroatoms. The van der Waals surface area contributed by atoms with Crippen molar-refractivity contribution in [2.75, 3.05) is 6.54 Å². The Balaban J connectivity index is 4.60. The smallest absolute Gasteiger partial charge is 0.325 e. The predicted octanol–water partition coefficient (Wildman–Crippen LogP) is -1.46. The fraction of sp³-hybridized carbons (Fsp3) is 0.750. The van der Waals surface area contributed by atoms with Gasteiger partial charge < -0.3 is 27.2 Å². The first-order valence-corrected chi connectivity index (χ1v) is 6.58. The molecule has 0 saturated heterocycles. The van der Waals surface area contributed by atoms with E-state index in [2.05, 4.69) is 10.6 Å². The number of nitrogens with one attached hydrogen (secondary N) is 2. The van der Waals surface area contributed by atoms with E-state index in [1.54, 1.807) is 0 Å². The monoisotopic (exact) mass is 288 g/mol. The van der Waals surface area contributed by atoms with Gasteiger partial charge in [0.15, 0.2) is 0 Å². The average Bonchev–Trinajstić information content (AvgIpc) is 2.36. The second-order valence-electron chi connectivity index (χ2n) is 4.70. The molecule has 2 amide bonds. The van der Waals surface area contributed by atoms with Gasteiger partial charge in [0.25, 0.3) is 0 Å². The van der Waals surface area contributed by atoms with Gasteiger partial charge in [-0.15, -0.1) is 0 Å². The van der Waals surface area contributed by atoms with Gasteiger partial charge >= 0.3 is 5.97 Å². The summed E-state index contributed by atoms with van der Waals surface area (Å²) in [4.78, 5) is 34.2. The van der Waals surface area contributed by atoms with Crippen LogP contribution in [-0.4, -0.2) is 47.6 Å². The van der Waals surface area contributed by atoms with Crippen LogP contribution in [0.2, 0.25) is 0 Å². The molecule has 7 N–H and O–H groups in total. The van der Waals surface area contributed by atoms with Crippen LogP contribution in [0.3, 0.4) is 0 Å².